The maximum absolute atomic E-state index is 12.1. The van der Waals surface area contributed by atoms with Gasteiger partial charge in [0.25, 0.3) is 0 Å². The largest absolute Gasteiger partial charge is 0.494 e. The topological polar surface area (TPSA) is 62.8 Å². The van der Waals surface area contributed by atoms with E-state index in [4.69, 9.17) is 9.47 Å². The van der Waals surface area contributed by atoms with Gasteiger partial charge in [0.2, 0.25) is 0 Å². The molecule has 1 aromatic rings. The van der Waals surface area contributed by atoms with Crippen LogP contribution in [0.5, 0.6) is 5.75 Å². The summed E-state index contributed by atoms with van der Waals surface area (Å²) in [5.74, 6) is 0.825. The number of urea groups is 1. The molecule has 2 N–H and O–H groups in total. The first-order valence-electron chi connectivity index (χ1n) is 8.57. The second-order valence-electron chi connectivity index (χ2n) is 6.53. The van der Waals surface area contributed by atoms with Crippen molar-refractivity contribution in [1.29, 1.82) is 0 Å². The molecular weight excluding hydrogens is 306 g/mol. The number of morpholine rings is 1. The fourth-order valence-corrected chi connectivity index (χ4v) is 2.73. The third-order valence-electron chi connectivity index (χ3n) is 4.21. The van der Waals surface area contributed by atoms with Crippen molar-refractivity contribution in [1.82, 2.24) is 15.5 Å². The Hall–Kier alpha value is -1.79. The van der Waals surface area contributed by atoms with Gasteiger partial charge in [0.05, 0.1) is 19.8 Å². The first-order valence-corrected chi connectivity index (χ1v) is 8.57. The lowest BCUT2D eigenvalue weighted by molar-refractivity contribution is -0.00874. The molecule has 0 aromatic heterocycles. The van der Waals surface area contributed by atoms with E-state index in [1.807, 2.05) is 31.2 Å². The Morgan fingerprint density at radius 1 is 1.29 bits per heavy atom. The zero-order valence-corrected chi connectivity index (χ0v) is 14.9. The standard InChI is InChI=1S/C18H29N3O3/c1-4-24-16-7-5-6-15(12-16)13-19-17(22)20-14-18(2,3)21-8-10-23-11-9-21/h5-7,12H,4,8-11,13-14H2,1-3H3,(H2,19,20,22). The summed E-state index contributed by atoms with van der Waals surface area (Å²) in [6.45, 7) is 11.3. The maximum Gasteiger partial charge on any atom is 0.315 e. The molecule has 24 heavy (non-hydrogen) atoms. The third-order valence-corrected chi connectivity index (χ3v) is 4.21. The average Bonchev–Trinajstić information content (AvgIpc) is 2.60. The summed E-state index contributed by atoms with van der Waals surface area (Å²) in [6.07, 6.45) is 0. The first-order chi connectivity index (χ1) is 11.5. The Labute approximate surface area is 144 Å². The molecule has 1 heterocycles. The fraction of sp³-hybridized carbons (Fsp3) is 0.611. The Bertz CT molecular complexity index is 528. The van der Waals surface area contributed by atoms with E-state index in [9.17, 15) is 4.79 Å². The summed E-state index contributed by atoms with van der Waals surface area (Å²) in [6, 6.07) is 7.61. The average molecular weight is 335 g/mol. The van der Waals surface area contributed by atoms with Crippen molar-refractivity contribution < 1.29 is 14.3 Å². The van der Waals surface area contributed by atoms with Gasteiger partial charge in [-0.05, 0) is 38.5 Å². The minimum absolute atomic E-state index is 0.0873. The van der Waals surface area contributed by atoms with Gasteiger partial charge in [-0.25, -0.2) is 4.79 Å². The van der Waals surface area contributed by atoms with Crippen molar-refractivity contribution in [3.05, 3.63) is 29.8 Å². The molecule has 0 radical (unpaired) electrons. The Morgan fingerprint density at radius 2 is 2.04 bits per heavy atom. The smallest absolute Gasteiger partial charge is 0.315 e. The van der Waals surface area contributed by atoms with E-state index in [2.05, 4.69) is 29.4 Å². The normalized spacial score (nSPS) is 15.8. The quantitative estimate of drug-likeness (QED) is 0.800. The molecule has 0 bridgehead atoms. The number of carbonyl (C=O) groups excluding carboxylic acids is 1. The van der Waals surface area contributed by atoms with E-state index in [-0.39, 0.29) is 11.6 Å². The predicted molar refractivity (Wildman–Crippen MR) is 94.3 cm³/mol. The summed E-state index contributed by atoms with van der Waals surface area (Å²) in [5.41, 5.74) is 0.930. The van der Waals surface area contributed by atoms with Crippen LogP contribution in [-0.2, 0) is 11.3 Å². The molecule has 134 valence electrons. The number of nitrogens with one attached hydrogen (secondary N) is 2. The number of carbonyl (C=O) groups is 1. The molecule has 1 saturated heterocycles. The molecule has 0 spiro atoms. The van der Waals surface area contributed by atoms with Crippen LogP contribution in [0.1, 0.15) is 26.3 Å². The summed E-state index contributed by atoms with van der Waals surface area (Å²) >= 11 is 0. The van der Waals surface area contributed by atoms with E-state index < -0.39 is 0 Å². The van der Waals surface area contributed by atoms with Crippen LogP contribution in [0, 0.1) is 0 Å². The van der Waals surface area contributed by atoms with Crippen LogP contribution < -0.4 is 15.4 Å². The number of amides is 2. The molecule has 2 amide bonds. The van der Waals surface area contributed by atoms with Gasteiger partial charge in [-0.1, -0.05) is 12.1 Å². The van der Waals surface area contributed by atoms with Crippen LogP contribution in [-0.4, -0.2) is 55.9 Å². The number of benzene rings is 1. The van der Waals surface area contributed by atoms with Crippen molar-refractivity contribution >= 4 is 6.03 Å². The van der Waals surface area contributed by atoms with Crippen molar-refractivity contribution in [3.63, 3.8) is 0 Å². The van der Waals surface area contributed by atoms with Gasteiger partial charge in [0, 0.05) is 31.7 Å². The van der Waals surface area contributed by atoms with Crippen LogP contribution in [0.3, 0.4) is 0 Å². The molecule has 0 aliphatic carbocycles. The first kappa shape index (κ1) is 18.5. The molecular formula is C18H29N3O3. The van der Waals surface area contributed by atoms with Crippen molar-refractivity contribution in [3.8, 4) is 5.75 Å². The highest BCUT2D eigenvalue weighted by molar-refractivity contribution is 5.73. The van der Waals surface area contributed by atoms with E-state index in [1.165, 1.54) is 0 Å². The second-order valence-corrected chi connectivity index (χ2v) is 6.53. The van der Waals surface area contributed by atoms with Gasteiger partial charge in [-0.2, -0.15) is 0 Å². The second kappa shape index (κ2) is 8.89. The van der Waals surface area contributed by atoms with E-state index in [1.54, 1.807) is 0 Å². The number of rotatable bonds is 7. The Morgan fingerprint density at radius 3 is 2.75 bits per heavy atom. The molecule has 1 aromatic carbocycles. The van der Waals surface area contributed by atoms with Crippen LogP contribution in [0.15, 0.2) is 24.3 Å². The zero-order chi connectivity index (χ0) is 17.4. The van der Waals surface area contributed by atoms with Crippen molar-refractivity contribution in [2.24, 2.45) is 0 Å². The van der Waals surface area contributed by atoms with Crippen LogP contribution in [0.25, 0.3) is 0 Å². The van der Waals surface area contributed by atoms with E-state index in [0.29, 0.717) is 19.7 Å². The van der Waals surface area contributed by atoms with Gasteiger partial charge in [0.15, 0.2) is 0 Å². The molecule has 0 saturated carbocycles. The highest BCUT2D eigenvalue weighted by atomic mass is 16.5. The lowest BCUT2D eigenvalue weighted by Crippen LogP contribution is -2.56. The molecule has 1 fully saturated rings. The summed E-state index contributed by atoms with van der Waals surface area (Å²) in [7, 11) is 0. The molecule has 0 unspecified atom stereocenters. The minimum Gasteiger partial charge on any atom is -0.494 e. The molecule has 0 atom stereocenters. The Balaban J connectivity index is 1.75. The van der Waals surface area contributed by atoms with E-state index >= 15 is 0 Å². The molecule has 6 heteroatoms. The lowest BCUT2D eigenvalue weighted by Gasteiger charge is -2.40. The maximum atomic E-state index is 12.1. The minimum atomic E-state index is -0.154. The van der Waals surface area contributed by atoms with Gasteiger partial charge < -0.3 is 20.1 Å². The summed E-state index contributed by atoms with van der Waals surface area (Å²) < 4.78 is 10.9. The van der Waals surface area contributed by atoms with Crippen LogP contribution in [0.2, 0.25) is 0 Å². The van der Waals surface area contributed by atoms with Gasteiger partial charge in [-0.15, -0.1) is 0 Å². The number of hydrogen-bond donors (Lipinski definition) is 2. The van der Waals surface area contributed by atoms with Crippen molar-refractivity contribution in [2.45, 2.75) is 32.9 Å². The summed E-state index contributed by atoms with van der Waals surface area (Å²) in [5, 5.41) is 5.86. The van der Waals surface area contributed by atoms with Gasteiger partial charge >= 0.3 is 6.03 Å². The molecule has 1 aliphatic rings. The highest BCUT2D eigenvalue weighted by Crippen LogP contribution is 2.15. The number of hydrogen-bond acceptors (Lipinski definition) is 4. The predicted octanol–water partition coefficient (Wildman–Crippen LogP) is 2.00. The number of ether oxygens (including phenoxy) is 2. The third kappa shape index (κ3) is 5.69. The molecule has 2 rings (SSSR count). The van der Waals surface area contributed by atoms with Crippen molar-refractivity contribution in [2.75, 3.05) is 39.5 Å². The summed E-state index contributed by atoms with van der Waals surface area (Å²) in [4.78, 5) is 14.4. The van der Waals surface area contributed by atoms with E-state index in [0.717, 1.165) is 37.6 Å². The van der Waals surface area contributed by atoms with Crippen LogP contribution >= 0.6 is 0 Å². The highest BCUT2D eigenvalue weighted by Gasteiger charge is 2.28. The SMILES string of the molecule is CCOc1cccc(CNC(=O)NCC(C)(C)N2CCOCC2)c1. The molecule has 1 aliphatic heterocycles. The zero-order valence-electron chi connectivity index (χ0n) is 14.9. The number of nitrogens with zero attached hydrogens (tertiary/aromatic N) is 1. The fourth-order valence-electron chi connectivity index (χ4n) is 2.73. The van der Waals surface area contributed by atoms with Crippen LogP contribution in [0.4, 0.5) is 4.79 Å². The lowest BCUT2D eigenvalue weighted by atomic mass is 10.0. The monoisotopic (exact) mass is 335 g/mol. The molecule has 6 nitrogen and oxygen atoms in total. The Kier molecular flexibility index (Phi) is 6.87. The van der Waals surface area contributed by atoms with Gasteiger partial charge in [-0.3, -0.25) is 4.90 Å². The van der Waals surface area contributed by atoms with Gasteiger partial charge in [0.1, 0.15) is 5.75 Å².